The number of aryl methyl sites for hydroxylation is 2. The lowest BCUT2D eigenvalue weighted by atomic mass is 10.0. The van der Waals surface area contributed by atoms with Crippen LogP contribution in [0, 0.1) is 5.92 Å². The highest BCUT2D eigenvalue weighted by atomic mass is 16.3. The van der Waals surface area contributed by atoms with Crippen molar-refractivity contribution in [2.24, 2.45) is 5.92 Å². The minimum absolute atomic E-state index is 0.0568. The van der Waals surface area contributed by atoms with Gasteiger partial charge in [0.05, 0.1) is 6.10 Å². The third-order valence-electron chi connectivity index (χ3n) is 4.60. The zero-order valence-corrected chi connectivity index (χ0v) is 14.1. The normalized spacial score (nSPS) is 18.8. The number of nitrogens with zero attached hydrogens (tertiary/aromatic N) is 1. The van der Waals surface area contributed by atoms with E-state index < -0.39 is 17.9 Å². The Balaban J connectivity index is 2.06. The molecule has 2 N–H and O–H groups in total. The summed E-state index contributed by atoms with van der Waals surface area (Å²) in [6.45, 7) is 6.77. The van der Waals surface area contributed by atoms with Crippen LogP contribution < -0.4 is 5.32 Å². The molecule has 1 heterocycles. The molecule has 2 rings (SSSR count). The van der Waals surface area contributed by atoms with Crippen molar-refractivity contribution in [3.63, 3.8) is 0 Å². The number of benzene rings is 1. The number of nitrogens with one attached hydrogen (secondary N) is 1. The van der Waals surface area contributed by atoms with Crippen LogP contribution in [-0.4, -0.2) is 41.0 Å². The smallest absolute Gasteiger partial charge is 0.313 e. The molecule has 0 aromatic heterocycles. The minimum Gasteiger partial charge on any atom is -0.393 e. The molecule has 1 aromatic carbocycles. The van der Waals surface area contributed by atoms with E-state index in [9.17, 15) is 14.7 Å². The first-order valence-electron chi connectivity index (χ1n) is 8.36. The van der Waals surface area contributed by atoms with Gasteiger partial charge in [-0.2, -0.15) is 0 Å². The van der Waals surface area contributed by atoms with Crippen molar-refractivity contribution in [1.29, 1.82) is 0 Å². The fourth-order valence-electron chi connectivity index (χ4n) is 2.95. The van der Waals surface area contributed by atoms with Crippen molar-refractivity contribution >= 4 is 17.5 Å². The highest BCUT2D eigenvalue weighted by Crippen LogP contribution is 2.22. The van der Waals surface area contributed by atoms with Crippen LogP contribution in [-0.2, 0) is 22.4 Å². The summed E-state index contributed by atoms with van der Waals surface area (Å²) in [7, 11) is 0. The number of carbonyl (C=O) groups excluding carboxylic acids is 2. The second-order valence-electron chi connectivity index (χ2n) is 6.19. The lowest BCUT2D eigenvalue weighted by Crippen LogP contribution is -2.39. The van der Waals surface area contributed by atoms with Gasteiger partial charge in [-0.3, -0.25) is 9.59 Å². The Morgan fingerprint density at radius 2 is 2.09 bits per heavy atom. The molecule has 0 spiro atoms. The van der Waals surface area contributed by atoms with Gasteiger partial charge in [-0.1, -0.05) is 26.0 Å². The molecule has 2 amide bonds. The molecule has 2 atom stereocenters. The lowest BCUT2D eigenvalue weighted by Gasteiger charge is -2.18. The van der Waals surface area contributed by atoms with Gasteiger partial charge in [0.2, 0.25) is 0 Å². The topological polar surface area (TPSA) is 69.6 Å². The fraction of sp³-hybridized carbons (Fsp3) is 0.556. The van der Waals surface area contributed by atoms with Crippen molar-refractivity contribution in [3.8, 4) is 0 Å². The zero-order chi connectivity index (χ0) is 17.0. The van der Waals surface area contributed by atoms with Gasteiger partial charge < -0.3 is 15.3 Å². The molecular weight excluding hydrogens is 292 g/mol. The fourth-order valence-corrected chi connectivity index (χ4v) is 2.95. The van der Waals surface area contributed by atoms with Crippen LogP contribution in [0.1, 0.15) is 38.3 Å². The molecule has 1 fully saturated rings. The summed E-state index contributed by atoms with van der Waals surface area (Å²) in [6.07, 6.45) is 1.95. The third-order valence-corrected chi connectivity index (χ3v) is 4.60. The molecule has 5 nitrogen and oxygen atoms in total. The Morgan fingerprint density at radius 3 is 2.65 bits per heavy atom. The predicted octanol–water partition coefficient (Wildman–Crippen LogP) is 1.98. The van der Waals surface area contributed by atoms with Crippen molar-refractivity contribution in [2.45, 2.75) is 46.1 Å². The second kappa shape index (κ2) is 7.59. The summed E-state index contributed by atoms with van der Waals surface area (Å²) in [5, 5.41) is 12.4. The summed E-state index contributed by atoms with van der Waals surface area (Å²) in [5.74, 6) is -1.06. The van der Waals surface area contributed by atoms with E-state index in [1.54, 1.807) is 6.92 Å². The molecule has 1 aliphatic heterocycles. The van der Waals surface area contributed by atoms with Gasteiger partial charge in [-0.15, -0.1) is 0 Å². The average molecular weight is 318 g/mol. The molecule has 23 heavy (non-hydrogen) atoms. The summed E-state index contributed by atoms with van der Waals surface area (Å²) < 4.78 is 0. The van der Waals surface area contributed by atoms with E-state index in [-0.39, 0.29) is 5.92 Å². The van der Waals surface area contributed by atoms with Gasteiger partial charge in [0.1, 0.15) is 0 Å². The standard InChI is InChI=1S/C18H26N2O3/c1-4-13-6-7-14(5-2)16(10-13)19-17(22)18(23)20-9-8-15(11-20)12(3)21/h6-7,10,12,15,21H,4-5,8-9,11H2,1-3H3,(H,19,22). The highest BCUT2D eigenvalue weighted by molar-refractivity contribution is 6.39. The Bertz CT molecular complexity index is 584. The molecular formula is C18H26N2O3. The largest absolute Gasteiger partial charge is 0.393 e. The number of anilines is 1. The number of rotatable bonds is 4. The number of amides is 2. The number of hydrogen-bond donors (Lipinski definition) is 2. The van der Waals surface area contributed by atoms with E-state index in [0.717, 1.165) is 36.1 Å². The SMILES string of the molecule is CCc1ccc(CC)c(NC(=O)C(=O)N2CCC(C(C)O)C2)c1. The zero-order valence-electron chi connectivity index (χ0n) is 14.1. The van der Waals surface area contributed by atoms with Gasteiger partial charge >= 0.3 is 11.8 Å². The number of aliphatic hydroxyl groups is 1. The minimum atomic E-state index is -0.598. The van der Waals surface area contributed by atoms with E-state index in [0.29, 0.717) is 13.1 Å². The van der Waals surface area contributed by atoms with Crippen molar-refractivity contribution in [2.75, 3.05) is 18.4 Å². The van der Waals surface area contributed by atoms with Crippen LogP contribution in [0.3, 0.4) is 0 Å². The van der Waals surface area contributed by atoms with E-state index in [2.05, 4.69) is 12.2 Å². The van der Waals surface area contributed by atoms with Crippen LogP contribution in [0.5, 0.6) is 0 Å². The van der Waals surface area contributed by atoms with Crippen LogP contribution in [0.15, 0.2) is 18.2 Å². The molecule has 1 aromatic rings. The van der Waals surface area contributed by atoms with Gasteiger partial charge in [0.25, 0.3) is 0 Å². The first-order valence-corrected chi connectivity index (χ1v) is 8.36. The average Bonchev–Trinajstić information content (AvgIpc) is 3.04. The Labute approximate surface area is 137 Å². The molecule has 2 unspecified atom stereocenters. The molecule has 0 aliphatic carbocycles. The third kappa shape index (κ3) is 4.10. The molecule has 126 valence electrons. The second-order valence-corrected chi connectivity index (χ2v) is 6.19. The summed E-state index contributed by atoms with van der Waals surface area (Å²) in [5.41, 5.74) is 2.86. The van der Waals surface area contributed by atoms with E-state index in [1.165, 1.54) is 4.90 Å². The molecule has 0 bridgehead atoms. The molecule has 0 radical (unpaired) electrons. The van der Waals surface area contributed by atoms with Crippen LogP contribution >= 0.6 is 0 Å². The summed E-state index contributed by atoms with van der Waals surface area (Å²) in [6, 6.07) is 5.98. The number of aliphatic hydroxyl groups excluding tert-OH is 1. The van der Waals surface area contributed by atoms with Crippen LogP contribution in [0.25, 0.3) is 0 Å². The van der Waals surface area contributed by atoms with Gasteiger partial charge in [-0.05, 0) is 43.4 Å². The van der Waals surface area contributed by atoms with Crippen molar-refractivity contribution in [3.05, 3.63) is 29.3 Å². The Kier molecular flexibility index (Phi) is 5.77. The summed E-state index contributed by atoms with van der Waals surface area (Å²) in [4.78, 5) is 26.1. The maximum absolute atomic E-state index is 12.3. The van der Waals surface area contributed by atoms with E-state index in [1.807, 2.05) is 25.1 Å². The first-order chi connectivity index (χ1) is 11.0. The number of hydrogen-bond acceptors (Lipinski definition) is 3. The molecule has 1 aliphatic rings. The number of likely N-dealkylation sites (tertiary alicyclic amines) is 1. The maximum atomic E-state index is 12.3. The quantitative estimate of drug-likeness (QED) is 0.834. The van der Waals surface area contributed by atoms with Crippen LogP contribution in [0.2, 0.25) is 0 Å². The summed E-state index contributed by atoms with van der Waals surface area (Å²) >= 11 is 0. The van der Waals surface area contributed by atoms with Gasteiger partial charge in [0, 0.05) is 24.7 Å². The Hall–Kier alpha value is -1.88. The maximum Gasteiger partial charge on any atom is 0.313 e. The molecule has 5 heteroatoms. The Morgan fingerprint density at radius 1 is 1.35 bits per heavy atom. The van der Waals surface area contributed by atoms with Crippen molar-refractivity contribution in [1.82, 2.24) is 4.90 Å². The lowest BCUT2D eigenvalue weighted by molar-refractivity contribution is -0.142. The van der Waals surface area contributed by atoms with E-state index in [4.69, 9.17) is 0 Å². The van der Waals surface area contributed by atoms with Crippen LogP contribution in [0.4, 0.5) is 5.69 Å². The monoisotopic (exact) mass is 318 g/mol. The predicted molar refractivity (Wildman–Crippen MR) is 90.2 cm³/mol. The highest BCUT2D eigenvalue weighted by Gasteiger charge is 2.32. The molecule has 1 saturated heterocycles. The molecule has 0 saturated carbocycles. The van der Waals surface area contributed by atoms with Gasteiger partial charge in [0.15, 0.2) is 0 Å². The first kappa shape index (κ1) is 17.5. The number of carbonyl (C=O) groups is 2. The van der Waals surface area contributed by atoms with Crippen molar-refractivity contribution < 1.29 is 14.7 Å². The van der Waals surface area contributed by atoms with Gasteiger partial charge in [-0.25, -0.2) is 0 Å². The van der Waals surface area contributed by atoms with E-state index >= 15 is 0 Å².